The number of hydrogen-bond acceptors (Lipinski definition) is 3. The lowest BCUT2D eigenvalue weighted by molar-refractivity contribution is -0.126. The average molecular weight is 352 g/mol. The molecule has 1 unspecified atom stereocenters. The van der Waals surface area contributed by atoms with E-state index in [1.165, 1.54) is 0 Å². The fourth-order valence-corrected chi connectivity index (χ4v) is 3.26. The molecule has 0 spiro atoms. The molecule has 1 aliphatic rings. The van der Waals surface area contributed by atoms with Gasteiger partial charge < -0.3 is 15.1 Å². The van der Waals surface area contributed by atoms with E-state index >= 15 is 0 Å². The van der Waals surface area contributed by atoms with E-state index in [-0.39, 0.29) is 29.6 Å². The van der Waals surface area contributed by atoms with Crippen molar-refractivity contribution in [3.05, 3.63) is 29.3 Å². The summed E-state index contributed by atoms with van der Waals surface area (Å²) >= 11 is 5.88. The molecule has 1 aliphatic heterocycles. The van der Waals surface area contributed by atoms with Crippen LogP contribution in [-0.4, -0.2) is 50.4 Å². The number of rotatable bonds is 6. The first kappa shape index (κ1) is 18.7. The van der Waals surface area contributed by atoms with Crippen molar-refractivity contribution in [2.75, 3.05) is 38.6 Å². The molecule has 1 heterocycles. The first-order valence-electron chi connectivity index (χ1n) is 8.16. The van der Waals surface area contributed by atoms with Gasteiger partial charge in [0.25, 0.3) is 0 Å². The van der Waals surface area contributed by atoms with Crippen LogP contribution in [0.1, 0.15) is 20.3 Å². The van der Waals surface area contributed by atoms with Gasteiger partial charge in [0.2, 0.25) is 11.8 Å². The Balaban J connectivity index is 1.93. The first-order chi connectivity index (χ1) is 11.2. The monoisotopic (exact) mass is 351 g/mol. The van der Waals surface area contributed by atoms with Crippen molar-refractivity contribution in [2.24, 2.45) is 11.3 Å². The number of anilines is 1. The van der Waals surface area contributed by atoms with Crippen molar-refractivity contribution >= 4 is 29.1 Å². The second-order valence-corrected chi connectivity index (χ2v) is 7.94. The van der Waals surface area contributed by atoms with E-state index in [4.69, 9.17) is 11.6 Å². The van der Waals surface area contributed by atoms with Gasteiger partial charge in [-0.2, -0.15) is 0 Å². The molecular formula is C18H26ClN3O2. The summed E-state index contributed by atoms with van der Waals surface area (Å²) in [6, 6.07) is 7.12. The van der Waals surface area contributed by atoms with Crippen molar-refractivity contribution in [1.82, 2.24) is 10.2 Å². The molecule has 2 amide bonds. The molecule has 1 saturated heterocycles. The molecule has 0 saturated carbocycles. The summed E-state index contributed by atoms with van der Waals surface area (Å²) in [6.45, 7) is 6.13. The highest BCUT2D eigenvalue weighted by molar-refractivity contribution is 6.30. The van der Waals surface area contributed by atoms with E-state index in [9.17, 15) is 9.59 Å². The molecule has 5 nitrogen and oxygen atoms in total. The number of nitrogens with zero attached hydrogens (tertiary/aromatic N) is 2. The summed E-state index contributed by atoms with van der Waals surface area (Å²) < 4.78 is 0. The molecule has 1 atom stereocenters. The third kappa shape index (κ3) is 4.95. The van der Waals surface area contributed by atoms with Gasteiger partial charge in [-0.15, -0.1) is 0 Å². The second-order valence-electron chi connectivity index (χ2n) is 7.50. The number of carbonyl (C=O) groups is 2. The van der Waals surface area contributed by atoms with Gasteiger partial charge in [-0.3, -0.25) is 9.59 Å². The topological polar surface area (TPSA) is 52.7 Å². The predicted molar refractivity (Wildman–Crippen MR) is 97.3 cm³/mol. The van der Waals surface area contributed by atoms with Crippen LogP contribution in [0.25, 0.3) is 0 Å². The molecule has 0 radical (unpaired) electrons. The number of benzene rings is 1. The quantitative estimate of drug-likeness (QED) is 0.856. The molecule has 1 N–H and O–H groups in total. The highest BCUT2D eigenvalue weighted by Gasteiger charge is 2.35. The molecule has 0 aromatic heterocycles. The maximum Gasteiger partial charge on any atom is 0.227 e. The lowest BCUT2D eigenvalue weighted by Crippen LogP contribution is -2.42. The van der Waals surface area contributed by atoms with E-state index in [1.807, 2.05) is 14.1 Å². The fraction of sp³-hybridized carbons (Fsp3) is 0.556. The molecule has 2 rings (SSSR count). The Labute approximate surface area is 149 Å². The molecular weight excluding hydrogens is 326 g/mol. The lowest BCUT2D eigenvalue weighted by atomic mass is 9.92. The van der Waals surface area contributed by atoms with Crippen LogP contribution in [0.15, 0.2) is 24.3 Å². The van der Waals surface area contributed by atoms with Crippen molar-refractivity contribution in [3.8, 4) is 0 Å². The minimum absolute atomic E-state index is 0.0162. The molecule has 0 aliphatic carbocycles. The van der Waals surface area contributed by atoms with Gasteiger partial charge in [-0.1, -0.05) is 25.4 Å². The van der Waals surface area contributed by atoms with Gasteiger partial charge in [-0.25, -0.2) is 0 Å². The predicted octanol–water partition coefficient (Wildman–Crippen LogP) is 2.40. The number of nitrogens with one attached hydrogen (secondary N) is 1. The summed E-state index contributed by atoms with van der Waals surface area (Å²) in [4.78, 5) is 28.4. The molecule has 24 heavy (non-hydrogen) atoms. The van der Waals surface area contributed by atoms with E-state index in [1.54, 1.807) is 29.2 Å². The van der Waals surface area contributed by atoms with Gasteiger partial charge in [0.1, 0.15) is 0 Å². The normalized spacial score (nSPS) is 18.3. The molecule has 132 valence electrons. The van der Waals surface area contributed by atoms with Gasteiger partial charge >= 0.3 is 0 Å². The van der Waals surface area contributed by atoms with Gasteiger partial charge in [0.05, 0.1) is 5.92 Å². The number of carbonyl (C=O) groups excluding carboxylic acids is 2. The standard InChI is InChI=1S/C18H26ClN3O2/c1-18(2,12-21(3)4)11-20-17(24)13-9-16(23)22(10-13)15-7-5-14(19)6-8-15/h5-8,13H,9-12H2,1-4H3,(H,20,24). The lowest BCUT2D eigenvalue weighted by Gasteiger charge is -2.29. The Morgan fingerprint density at radius 1 is 1.33 bits per heavy atom. The largest absolute Gasteiger partial charge is 0.355 e. The average Bonchev–Trinajstić information content (AvgIpc) is 2.86. The highest BCUT2D eigenvalue weighted by Crippen LogP contribution is 2.26. The summed E-state index contributed by atoms with van der Waals surface area (Å²) in [5, 5.41) is 3.63. The van der Waals surface area contributed by atoms with Crippen molar-refractivity contribution in [2.45, 2.75) is 20.3 Å². The highest BCUT2D eigenvalue weighted by atomic mass is 35.5. The molecule has 1 aromatic carbocycles. The second kappa shape index (κ2) is 7.53. The SMILES string of the molecule is CN(C)CC(C)(C)CNC(=O)C1CC(=O)N(c2ccc(Cl)cc2)C1. The van der Waals surface area contributed by atoms with Crippen LogP contribution in [-0.2, 0) is 9.59 Å². The van der Waals surface area contributed by atoms with E-state index in [2.05, 4.69) is 24.1 Å². The number of halogens is 1. The summed E-state index contributed by atoms with van der Waals surface area (Å²) in [5.74, 6) is -0.375. The summed E-state index contributed by atoms with van der Waals surface area (Å²) in [5.41, 5.74) is 0.769. The maximum atomic E-state index is 12.4. The Morgan fingerprint density at radius 3 is 2.54 bits per heavy atom. The van der Waals surface area contributed by atoms with Gasteiger partial charge in [0, 0.05) is 36.8 Å². The molecule has 1 aromatic rings. The minimum Gasteiger partial charge on any atom is -0.355 e. The maximum absolute atomic E-state index is 12.4. The van der Waals surface area contributed by atoms with E-state index in [0.29, 0.717) is 18.1 Å². The summed E-state index contributed by atoms with van der Waals surface area (Å²) in [7, 11) is 4.03. The van der Waals surface area contributed by atoms with Crippen molar-refractivity contribution < 1.29 is 9.59 Å². The summed E-state index contributed by atoms with van der Waals surface area (Å²) in [6.07, 6.45) is 0.253. The van der Waals surface area contributed by atoms with Gasteiger partial charge in [0.15, 0.2) is 0 Å². The smallest absolute Gasteiger partial charge is 0.227 e. The minimum atomic E-state index is -0.302. The zero-order valence-electron chi connectivity index (χ0n) is 14.8. The van der Waals surface area contributed by atoms with Crippen molar-refractivity contribution in [3.63, 3.8) is 0 Å². The third-order valence-corrected chi connectivity index (χ3v) is 4.37. The van der Waals surface area contributed by atoms with Crippen LogP contribution in [0.4, 0.5) is 5.69 Å². The number of hydrogen-bond donors (Lipinski definition) is 1. The molecule has 6 heteroatoms. The van der Waals surface area contributed by atoms with Crippen molar-refractivity contribution in [1.29, 1.82) is 0 Å². The first-order valence-corrected chi connectivity index (χ1v) is 8.54. The fourth-order valence-electron chi connectivity index (χ4n) is 3.14. The van der Waals surface area contributed by atoms with Crippen LogP contribution in [0.2, 0.25) is 5.02 Å². The Kier molecular flexibility index (Phi) is 5.88. The van der Waals surface area contributed by atoms with Crippen LogP contribution in [0.5, 0.6) is 0 Å². The Hall–Kier alpha value is -1.59. The van der Waals surface area contributed by atoms with E-state index < -0.39 is 0 Å². The van der Waals surface area contributed by atoms with Crippen LogP contribution in [0, 0.1) is 11.3 Å². The third-order valence-electron chi connectivity index (χ3n) is 4.12. The van der Waals surface area contributed by atoms with Crippen LogP contribution >= 0.6 is 11.6 Å². The van der Waals surface area contributed by atoms with Gasteiger partial charge in [-0.05, 0) is 43.8 Å². The zero-order chi connectivity index (χ0) is 17.9. The molecule has 1 fully saturated rings. The zero-order valence-corrected chi connectivity index (χ0v) is 15.6. The number of amides is 2. The van der Waals surface area contributed by atoms with Crippen LogP contribution < -0.4 is 10.2 Å². The Morgan fingerprint density at radius 2 is 1.96 bits per heavy atom. The van der Waals surface area contributed by atoms with Crippen LogP contribution in [0.3, 0.4) is 0 Å². The Bertz CT molecular complexity index is 599. The molecule has 0 bridgehead atoms. The van der Waals surface area contributed by atoms with E-state index in [0.717, 1.165) is 12.2 Å².